The van der Waals surface area contributed by atoms with E-state index in [-0.39, 0.29) is 6.04 Å². The predicted octanol–water partition coefficient (Wildman–Crippen LogP) is 0.690. The highest BCUT2D eigenvalue weighted by molar-refractivity contribution is 5.75. The summed E-state index contributed by atoms with van der Waals surface area (Å²) in [6, 6.07) is -0.361. The molecule has 0 rings (SSSR count). The fourth-order valence-electron chi connectivity index (χ4n) is 0.885. The molecule has 13 heavy (non-hydrogen) atoms. The average Bonchev–Trinajstić information content (AvgIpc) is 1.82. The minimum atomic E-state index is -0.681. The van der Waals surface area contributed by atoms with Crippen LogP contribution in [0.4, 0.5) is 0 Å². The van der Waals surface area contributed by atoms with E-state index >= 15 is 0 Å². The second-order valence-corrected chi connectivity index (χ2v) is 4.05. The van der Waals surface area contributed by atoms with Gasteiger partial charge in [-0.2, -0.15) is 0 Å². The first kappa shape index (κ1) is 12.4. The van der Waals surface area contributed by atoms with E-state index in [4.69, 9.17) is 15.2 Å². The number of nitrogens with two attached hydrogens (primary N) is 1. The van der Waals surface area contributed by atoms with E-state index in [9.17, 15) is 4.79 Å². The first-order valence-corrected chi connectivity index (χ1v) is 4.29. The standard InChI is InChI=1S/C9H19NO3/c1-6(10)7(12-5)8(11)13-9(2,3)4/h6-7H,10H2,1-5H3/t6-,7+/m1/s1. The lowest BCUT2D eigenvalue weighted by molar-refractivity contribution is -0.167. The van der Waals surface area contributed by atoms with Gasteiger partial charge in [-0.1, -0.05) is 0 Å². The zero-order valence-electron chi connectivity index (χ0n) is 8.96. The topological polar surface area (TPSA) is 61.5 Å². The van der Waals surface area contributed by atoms with E-state index in [0.29, 0.717) is 0 Å². The first-order valence-electron chi connectivity index (χ1n) is 4.29. The van der Waals surface area contributed by atoms with Crippen LogP contribution in [0.3, 0.4) is 0 Å². The molecular weight excluding hydrogens is 170 g/mol. The van der Waals surface area contributed by atoms with Crippen molar-refractivity contribution >= 4 is 5.97 Å². The quantitative estimate of drug-likeness (QED) is 0.663. The zero-order chi connectivity index (χ0) is 10.6. The summed E-state index contributed by atoms with van der Waals surface area (Å²) in [6.45, 7) is 7.12. The first-order chi connectivity index (χ1) is 5.78. The number of esters is 1. The maximum absolute atomic E-state index is 11.4. The van der Waals surface area contributed by atoms with Gasteiger partial charge in [-0.05, 0) is 27.7 Å². The molecule has 0 aromatic heterocycles. The van der Waals surface area contributed by atoms with E-state index in [0.717, 1.165) is 0 Å². The van der Waals surface area contributed by atoms with Crippen LogP contribution in [0.15, 0.2) is 0 Å². The highest BCUT2D eigenvalue weighted by Crippen LogP contribution is 2.10. The van der Waals surface area contributed by atoms with Gasteiger partial charge in [0, 0.05) is 13.2 Å². The second-order valence-electron chi connectivity index (χ2n) is 4.05. The van der Waals surface area contributed by atoms with Crippen LogP contribution in [-0.4, -0.2) is 30.8 Å². The molecule has 0 unspecified atom stereocenters. The Balaban J connectivity index is 4.23. The lowest BCUT2D eigenvalue weighted by atomic mass is 10.1. The van der Waals surface area contributed by atoms with Gasteiger partial charge in [0.15, 0.2) is 6.10 Å². The Bertz CT molecular complexity index is 172. The summed E-state index contributed by atoms with van der Waals surface area (Å²) < 4.78 is 10.0. The van der Waals surface area contributed by atoms with Crippen LogP contribution in [0.1, 0.15) is 27.7 Å². The number of hydrogen-bond acceptors (Lipinski definition) is 4. The lowest BCUT2D eigenvalue weighted by Crippen LogP contribution is -2.43. The number of methoxy groups -OCH3 is 1. The summed E-state index contributed by atoms with van der Waals surface area (Å²) >= 11 is 0. The van der Waals surface area contributed by atoms with Gasteiger partial charge in [0.25, 0.3) is 0 Å². The Morgan fingerprint density at radius 3 is 2.08 bits per heavy atom. The number of hydrogen-bond donors (Lipinski definition) is 1. The molecule has 0 spiro atoms. The Labute approximate surface area is 79.4 Å². The smallest absolute Gasteiger partial charge is 0.337 e. The maximum Gasteiger partial charge on any atom is 0.337 e. The fraction of sp³-hybridized carbons (Fsp3) is 0.889. The third kappa shape index (κ3) is 4.85. The minimum Gasteiger partial charge on any atom is -0.458 e. The van der Waals surface area contributed by atoms with Crippen LogP contribution >= 0.6 is 0 Å². The summed E-state index contributed by atoms with van der Waals surface area (Å²) in [4.78, 5) is 11.4. The van der Waals surface area contributed by atoms with Gasteiger partial charge in [-0.25, -0.2) is 4.79 Å². The third-order valence-corrected chi connectivity index (χ3v) is 1.37. The average molecular weight is 189 g/mol. The molecule has 0 amide bonds. The normalized spacial score (nSPS) is 16.5. The van der Waals surface area contributed by atoms with Crippen molar-refractivity contribution < 1.29 is 14.3 Å². The molecule has 0 aromatic rings. The van der Waals surface area contributed by atoms with Crippen molar-refractivity contribution in [2.75, 3.05) is 7.11 Å². The van der Waals surface area contributed by atoms with Gasteiger partial charge in [-0.3, -0.25) is 0 Å². The number of ether oxygens (including phenoxy) is 2. The van der Waals surface area contributed by atoms with Crippen molar-refractivity contribution in [3.63, 3.8) is 0 Å². The number of rotatable bonds is 3. The second kappa shape index (κ2) is 4.58. The summed E-state index contributed by atoms with van der Waals surface area (Å²) in [5, 5.41) is 0. The van der Waals surface area contributed by atoms with Crippen LogP contribution in [0, 0.1) is 0 Å². The van der Waals surface area contributed by atoms with Crippen molar-refractivity contribution in [2.24, 2.45) is 5.73 Å². The summed E-state index contributed by atoms with van der Waals surface area (Å²) in [7, 11) is 1.44. The maximum atomic E-state index is 11.4. The molecule has 4 nitrogen and oxygen atoms in total. The molecule has 0 aliphatic carbocycles. The molecule has 2 N–H and O–H groups in total. The predicted molar refractivity (Wildman–Crippen MR) is 50.3 cm³/mol. The Morgan fingerprint density at radius 1 is 1.38 bits per heavy atom. The van der Waals surface area contributed by atoms with E-state index in [1.807, 2.05) is 0 Å². The van der Waals surface area contributed by atoms with Gasteiger partial charge in [0.2, 0.25) is 0 Å². The van der Waals surface area contributed by atoms with Gasteiger partial charge in [0.05, 0.1) is 0 Å². The molecule has 0 fully saturated rings. The molecule has 0 saturated carbocycles. The largest absolute Gasteiger partial charge is 0.458 e. The van der Waals surface area contributed by atoms with Gasteiger partial charge in [-0.15, -0.1) is 0 Å². The Hall–Kier alpha value is -0.610. The van der Waals surface area contributed by atoms with Crippen molar-refractivity contribution in [3.05, 3.63) is 0 Å². The Kier molecular flexibility index (Phi) is 4.36. The monoisotopic (exact) mass is 189 g/mol. The van der Waals surface area contributed by atoms with Crippen molar-refractivity contribution in [1.82, 2.24) is 0 Å². The third-order valence-electron chi connectivity index (χ3n) is 1.37. The molecule has 78 valence electrons. The molecule has 2 atom stereocenters. The van der Waals surface area contributed by atoms with E-state index in [2.05, 4.69) is 0 Å². The van der Waals surface area contributed by atoms with E-state index in [1.54, 1.807) is 27.7 Å². The highest BCUT2D eigenvalue weighted by Gasteiger charge is 2.27. The van der Waals surface area contributed by atoms with Crippen LogP contribution in [0.25, 0.3) is 0 Å². The molecule has 0 bridgehead atoms. The minimum absolute atomic E-state index is 0.361. The molecule has 0 radical (unpaired) electrons. The summed E-state index contributed by atoms with van der Waals surface area (Å²) in [6.07, 6.45) is -0.681. The van der Waals surface area contributed by atoms with Gasteiger partial charge < -0.3 is 15.2 Å². The van der Waals surface area contributed by atoms with Crippen molar-refractivity contribution in [2.45, 2.75) is 45.4 Å². The van der Waals surface area contributed by atoms with Gasteiger partial charge >= 0.3 is 5.97 Å². The lowest BCUT2D eigenvalue weighted by Gasteiger charge is -2.24. The van der Waals surface area contributed by atoms with E-state index in [1.165, 1.54) is 7.11 Å². The van der Waals surface area contributed by atoms with Gasteiger partial charge in [0.1, 0.15) is 5.60 Å². The molecule has 0 aliphatic rings. The van der Waals surface area contributed by atoms with Crippen molar-refractivity contribution in [3.8, 4) is 0 Å². The van der Waals surface area contributed by atoms with Crippen LogP contribution in [0.2, 0.25) is 0 Å². The summed E-state index contributed by atoms with van der Waals surface area (Å²) in [5.74, 6) is -0.412. The molecule has 0 saturated heterocycles. The SMILES string of the molecule is CO[C@H](C(=O)OC(C)(C)C)[C@@H](C)N. The van der Waals surface area contributed by atoms with Crippen molar-refractivity contribution in [1.29, 1.82) is 0 Å². The van der Waals surface area contributed by atoms with Crippen LogP contribution in [0.5, 0.6) is 0 Å². The number of carbonyl (C=O) groups excluding carboxylic acids is 1. The van der Waals surface area contributed by atoms with Crippen LogP contribution in [-0.2, 0) is 14.3 Å². The molecule has 0 aromatic carbocycles. The zero-order valence-corrected chi connectivity index (χ0v) is 8.96. The molecule has 0 aliphatic heterocycles. The fourth-order valence-corrected chi connectivity index (χ4v) is 0.885. The Morgan fingerprint density at radius 2 is 1.85 bits per heavy atom. The highest BCUT2D eigenvalue weighted by atomic mass is 16.6. The van der Waals surface area contributed by atoms with Crippen LogP contribution < -0.4 is 5.73 Å². The number of carbonyl (C=O) groups is 1. The van der Waals surface area contributed by atoms with E-state index < -0.39 is 17.7 Å². The molecule has 0 heterocycles. The molecular formula is C9H19NO3. The summed E-state index contributed by atoms with van der Waals surface area (Å²) in [5.41, 5.74) is 5.04. The molecule has 4 heteroatoms.